The number of rotatable bonds is 5. The molecule has 2 aromatic heterocycles. The first-order valence-electron chi connectivity index (χ1n) is 8.56. The van der Waals surface area contributed by atoms with Crippen LogP contribution in [0.25, 0.3) is 16.9 Å². The Labute approximate surface area is 174 Å². The number of halogens is 1. The van der Waals surface area contributed by atoms with Gasteiger partial charge in [0.25, 0.3) is 0 Å². The molecule has 1 N–H and O–H groups in total. The van der Waals surface area contributed by atoms with Crippen LogP contribution in [-0.2, 0) is 4.79 Å². The molecule has 6 nitrogen and oxygen atoms in total. The van der Waals surface area contributed by atoms with E-state index >= 15 is 0 Å². The van der Waals surface area contributed by atoms with Crippen LogP contribution in [0.3, 0.4) is 0 Å². The van der Waals surface area contributed by atoms with Crippen molar-refractivity contribution in [3.63, 3.8) is 0 Å². The van der Waals surface area contributed by atoms with Crippen molar-refractivity contribution in [2.75, 3.05) is 11.1 Å². The van der Waals surface area contributed by atoms with Crippen LogP contribution in [0, 0.1) is 6.92 Å². The fourth-order valence-corrected chi connectivity index (χ4v) is 3.55. The molecule has 1 amide bonds. The predicted molar refractivity (Wildman–Crippen MR) is 114 cm³/mol. The smallest absolute Gasteiger partial charge is 0.234 e. The maximum Gasteiger partial charge on any atom is 0.234 e. The van der Waals surface area contributed by atoms with E-state index in [9.17, 15) is 4.79 Å². The monoisotopic (exact) mass is 453 g/mol. The van der Waals surface area contributed by atoms with E-state index in [2.05, 4.69) is 36.5 Å². The minimum atomic E-state index is -0.102. The van der Waals surface area contributed by atoms with Crippen LogP contribution < -0.4 is 5.32 Å². The van der Waals surface area contributed by atoms with Gasteiger partial charge in [0.1, 0.15) is 0 Å². The molecule has 0 atom stereocenters. The van der Waals surface area contributed by atoms with E-state index in [0.717, 1.165) is 27.0 Å². The number of hydrogen-bond acceptors (Lipinski definition) is 5. The fraction of sp³-hybridized carbons (Fsp3) is 0.100. The Morgan fingerprint density at radius 2 is 1.79 bits per heavy atom. The number of thioether (sulfide) groups is 1. The van der Waals surface area contributed by atoms with Crippen LogP contribution in [0.5, 0.6) is 0 Å². The molecule has 4 aromatic rings. The summed E-state index contributed by atoms with van der Waals surface area (Å²) in [6, 6.07) is 19.4. The van der Waals surface area contributed by atoms with Gasteiger partial charge in [-0.25, -0.2) is 0 Å². The summed E-state index contributed by atoms with van der Waals surface area (Å²) in [6.07, 6.45) is 0. The summed E-state index contributed by atoms with van der Waals surface area (Å²) in [5.74, 6) is 0.119. The van der Waals surface area contributed by atoms with E-state index in [4.69, 9.17) is 0 Å². The first-order valence-corrected chi connectivity index (χ1v) is 10.3. The van der Waals surface area contributed by atoms with Crippen LogP contribution in [0.15, 0.2) is 70.3 Å². The Morgan fingerprint density at radius 1 is 1.04 bits per heavy atom. The zero-order valence-electron chi connectivity index (χ0n) is 15.0. The standard InChI is InChI=1S/C20H16BrN5OS/c1-13-2-8-16(9-3-13)22-19(27)12-28-20-24-23-18-11-10-17(25-26(18)20)14-4-6-15(21)7-5-14/h2-11H,12H2,1H3,(H,22,27). The molecule has 2 aromatic carbocycles. The lowest BCUT2D eigenvalue weighted by molar-refractivity contribution is -0.113. The lowest BCUT2D eigenvalue weighted by Crippen LogP contribution is -2.14. The van der Waals surface area contributed by atoms with Gasteiger partial charge in [0, 0.05) is 15.7 Å². The van der Waals surface area contributed by atoms with Gasteiger partial charge < -0.3 is 5.32 Å². The van der Waals surface area contributed by atoms with E-state index in [1.807, 2.05) is 67.6 Å². The van der Waals surface area contributed by atoms with Crippen molar-refractivity contribution in [3.8, 4) is 11.3 Å². The molecule has 2 heterocycles. The second kappa shape index (κ2) is 8.12. The third-order valence-corrected chi connectivity index (χ3v) is 5.49. The number of anilines is 1. The van der Waals surface area contributed by atoms with E-state index < -0.39 is 0 Å². The average Bonchev–Trinajstić information content (AvgIpc) is 3.11. The van der Waals surface area contributed by atoms with Crippen molar-refractivity contribution < 1.29 is 4.79 Å². The number of hydrogen-bond donors (Lipinski definition) is 1. The largest absolute Gasteiger partial charge is 0.325 e. The first-order chi connectivity index (χ1) is 13.6. The maximum absolute atomic E-state index is 12.2. The summed E-state index contributed by atoms with van der Waals surface area (Å²) in [5, 5.41) is 16.4. The molecule has 0 unspecified atom stereocenters. The molecule has 0 bridgehead atoms. The van der Waals surface area contributed by atoms with Gasteiger partial charge in [0.05, 0.1) is 11.4 Å². The third kappa shape index (κ3) is 4.23. The van der Waals surface area contributed by atoms with Gasteiger partial charge in [-0.3, -0.25) is 4.79 Å². The summed E-state index contributed by atoms with van der Waals surface area (Å²) in [5.41, 5.74) is 4.37. The van der Waals surface area contributed by atoms with Gasteiger partial charge in [0.2, 0.25) is 11.1 Å². The minimum absolute atomic E-state index is 0.102. The zero-order valence-corrected chi connectivity index (χ0v) is 17.4. The fourth-order valence-electron chi connectivity index (χ4n) is 2.60. The molecule has 0 aliphatic heterocycles. The van der Waals surface area contributed by atoms with Gasteiger partial charge in [-0.2, -0.15) is 9.61 Å². The number of nitrogens with zero attached hydrogens (tertiary/aromatic N) is 4. The molecule has 0 aliphatic rings. The second-order valence-electron chi connectivity index (χ2n) is 6.18. The van der Waals surface area contributed by atoms with E-state index in [-0.39, 0.29) is 11.7 Å². The van der Waals surface area contributed by atoms with Crippen molar-refractivity contribution in [3.05, 3.63) is 70.7 Å². The lowest BCUT2D eigenvalue weighted by atomic mass is 10.1. The van der Waals surface area contributed by atoms with Crippen LogP contribution in [0.2, 0.25) is 0 Å². The van der Waals surface area contributed by atoms with Crippen molar-refractivity contribution in [1.82, 2.24) is 19.8 Å². The first kappa shape index (κ1) is 18.6. The van der Waals surface area contributed by atoms with Crippen LogP contribution in [-0.4, -0.2) is 31.5 Å². The highest BCUT2D eigenvalue weighted by Gasteiger charge is 2.12. The molecule has 0 fully saturated rings. The van der Waals surface area contributed by atoms with Crippen LogP contribution in [0.1, 0.15) is 5.56 Å². The van der Waals surface area contributed by atoms with Gasteiger partial charge in [-0.05, 0) is 43.3 Å². The summed E-state index contributed by atoms with van der Waals surface area (Å²) >= 11 is 4.74. The van der Waals surface area contributed by atoms with E-state index in [1.54, 1.807) is 4.52 Å². The van der Waals surface area contributed by atoms with Crippen LogP contribution >= 0.6 is 27.7 Å². The third-order valence-electron chi connectivity index (χ3n) is 4.04. The Bertz CT molecular complexity index is 1130. The number of aryl methyl sites for hydroxylation is 1. The summed E-state index contributed by atoms with van der Waals surface area (Å²) in [4.78, 5) is 12.2. The Balaban J connectivity index is 1.49. The van der Waals surface area contributed by atoms with Crippen molar-refractivity contribution in [2.45, 2.75) is 12.1 Å². The molecule has 4 rings (SSSR count). The maximum atomic E-state index is 12.2. The van der Waals surface area contributed by atoms with Gasteiger partial charge in [-0.15, -0.1) is 10.2 Å². The number of carbonyl (C=O) groups is 1. The Kier molecular flexibility index (Phi) is 5.40. The Morgan fingerprint density at radius 3 is 2.54 bits per heavy atom. The molecule has 8 heteroatoms. The number of amides is 1. The Hall–Kier alpha value is -2.71. The van der Waals surface area contributed by atoms with E-state index in [1.165, 1.54) is 11.8 Å². The number of carbonyl (C=O) groups excluding carboxylic acids is 1. The topological polar surface area (TPSA) is 72.2 Å². The molecule has 0 radical (unpaired) electrons. The molecule has 0 saturated carbocycles. The lowest BCUT2D eigenvalue weighted by Gasteiger charge is -2.05. The minimum Gasteiger partial charge on any atom is -0.325 e. The molecule has 0 aliphatic carbocycles. The molecular weight excluding hydrogens is 438 g/mol. The van der Waals surface area contributed by atoms with Crippen molar-refractivity contribution in [1.29, 1.82) is 0 Å². The highest BCUT2D eigenvalue weighted by molar-refractivity contribution is 9.10. The van der Waals surface area contributed by atoms with E-state index in [0.29, 0.717) is 10.8 Å². The predicted octanol–water partition coefficient (Wildman–Crippen LogP) is 4.59. The number of fused-ring (bicyclic) bond motifs is 1. The number of nitrogens with one attached hydrogen (secondary N) is 1. The molecule has 0 saturated heterocycles. The summed E-state index contributed by atoms with van der Waals surface area (Å²) in [6.45, 7) is 2.01. The summed E-state index contributed by atoms with van der Waals surface area (Å²) < 4.78 is 2.68. The van der Waals surface area contributed by atoms with Crippen LogP contribution in [0.4, 0.5) is 5.69 Å². The SMILES string of the molecule is Cc1ccc(NC(=O)CSc2nnc3ccc(-c4ccc(Br)cc4)nn23)cc1. The molecule has 28 heavy (non-hydrogen) atoms. The number of aromatic nitrogens is 4. The van der Waals surface area contributed by atoms with Gasteiger partial charge in [-0.1, -0.05) is 57.5 Å². The van der Waals surface area contributed by atoms with Gasteiger partial charge in [0.15, 0.2) is 5.65 Å². The van der Waals surface area contributed by atoms with Crippen molar-refractivity contribution in [2.24, 2.45) is 0 Å². The number of benzene rings is 2. The normalized spacial score (nSPS) is 10.9. The molecular formula is C20H16BrN5OS. The van der Waals surface area contributed by atoms with Crippen molar-refractivity contribution >= 4 is 44.9 Å². The molecule has 140 valence electrons. The highest BCUT2D eigenvalue weighted by Crippen LogP contribution is 2.22. The summed E-state index contributed by atoms with van der Waals surface area (Å²) in [7, 11) is 0. The van der Waals surface area contributed by atoms with Gasteiger partial charge >= 0.3 is 0 Å². The molecule has 0 spiro atoms. The second-order valence-corrected chi connectivity index (χ2v) is 8.04. The average molecular weight is 454 g/mol. The zero-order chi connectivity index (χ0) is 19.5. The quantitative estimate of drug-likeness (QED) is 0.447. The highest BCUT2D eigenvalue weighted by atomic mass is 79.9.